The lowest BCUT2D eigenvalue weighted by Crippen LogP contribution is -2.05. The van der Waals surface area contributed by atoms with Gasteiger partial charge < -0.3 is 15.9 Å². The highest BCUT2D eigenvalue weighted by Crippen LogP contribution is 2.20. The molecule has 0 aliphatic heterocycles. The maximum atomic E-state index is 10.7. The Kier molecular flexibility index (Phi) is 2.53. The van der Waals surface area contributed by atoms with E-state index >= 15 is 0 Å². The fourth-order valence-electron chi connectivity index (χ4n) is 1.22. The lowest BCUT2D eigenvalue weighted by atomic mass is 10.0. The van der Waals surface area contributed by atoms with Crippen LogP contribution in [0.25, 0.3) is 0 Å². The van der Waals surface area contributed by atoms with E-state index in [1.165, 1.54) is 12.1 Å². The van der Waals surface area contributed by atoms with Crippen LogP contribution in [0.2, 0.25) is 0 Å². The highest BCUT2D eigenvalue weighted by molar-refractivity contribution is 5.90. The predicted molar refractivity (Wildman–Crippen MR) is 48.5 cm³/mol. The van der Waals surface area contributed by atoms with Crippen molar-refractivity contribution >= 4 is 11.7 Å². The van der Waals surface area contributed by atoms with E-state index in [0.717, 1.165) is 0 Å². The molecule has 1 aromatic carbocycles. The van der Waals surface area contributed by atoms with Gasteiger partial charge in [0.15, 0.2) is 0 Å². The number of anilines is 1. The second-order valence-electron chi connectivity index (χ2n) is 2.77. The Balaban J connectivity index is 3.35. The van der Waals surface area contributed by atoms with E-state index in [9.17, 15) is 4.79 Å². The van der Waals surface area contributed by atoms with E-state index < -0.39 is 5.97 Å². The summed E-state index contributed by atoms with van der Waals surface area (Å²) in [4.78, 5) is 10.7. The molecule has 4 nitrogen and oxygen atoms in total. The highest BCUT2D eigenvalue weighted by Gasteiger charge is 2.11. The van der Waals surface area contributed by atoms with Crippen LogP contribution in [-0.2, 0) is 6.61 Å². The van der Waals surface area contributed by atoms with E-state index in [-0.39, 0.29) is 12.2 Å². The monoisotopic (exact) mass is 181 g/mol. The SMILES string of the molecule is Cc1c(C(=O)O)ccc(N)c1CO. The Morgan fingerprint density at radius 1 is 1.54 bits per heavy atom. The standard InChI is InChI=1S/C9H11NO3/c1-5-6(9(12)13)2-3-8(10)7(5)4-11/h2-3,11H,4,10H2,1H3,(H,12,13). The van der Waals surface area contributed by atoms with Gasteiger partial charge in [-0.1, -0.05) is 0 Å². The van der Waals surface area contributed by atoms with Gasteiger partial charge in [-0.05, 0) is 24.6 Å². The molecule has 70 valence electrons. The Labute approximate surface area is 75.6 Å². The molecule has 0 fully saturated rings. The van der Waals surface area contributed by atoms with Gasteiger partial charge in [0.1, 0.15) is 0 Å². The van der Waals surface area contributed by atoms with Gasteiger partial charge in [0.2, 0.25) is 0 Å². The smallest absolute Gasteiger partial charge is 0.335 e. The average molecular weight is 181 g/mol. The number of benzene rings is 1. The van der Waals surface area contributed by atoms with E-state index in [1.54, 1.807) is 6.92 Å². The number of hydrogen-bond acceptors (Lipinski definition) is 3. The van der Waals surface area contributed by atoms with Crippen LogP contribution >= 0.6 is 0 Å². The zero-order chi connectivity index (χ0) is 10.0. The van der Waals surface area contributed by atoms with Crippen LogP contribution in [0, 0.1) is 6.92 Å². The Morgan fingerprint density at radius 2 is 2.15 bits per heavy atom. The minimum Gasteiger partial charge on any atom is -0.478 e. The molecule has 0 saturated heterocycles. The molecular weight excluding hydrogens is 170 g/mol. The minimum atomic E-state index is -1.01. The second-order valence-corrected chi connectivity index (χ2v) is 2.77. The van der Waals surface area contributed by atoms with Gasteiger partial charge in [0.05, 0.1) is 12.2 Å². The van der Waals surface area contributed by atoms with Crippen molar-refractivity contribution in [2.75, 3.05) is 5.73 Å². The number of nitrogen functional groups attached to an aromatic ring is 1. The van der Waals surface area contributed by atoms with Gasteiger partial charge in [-0.25, -0.2) is 4.79 Å². The van der Waals surface area contributed by atoms with Gasteiger partial charge in [0, 0.05) is 11.3 Å². The number of hydrogen-bond donors (Lipinski definition) is 3. The third-order valence-corrected chi connectivity index (χ3v) is 2.02. The molecule has 0 amide bonds. The summed E-state index contributed by atoms with van der Waals surface area (Å²) in [5.41, 5.74) is 7.16. The molecule has 0 atom stereocenters. The zero-order valence-corrected chi connectivity index (χ0v) is 7.24. The second kappa shape index (κ2) is 3.45. The summed E-state index contributed by atoms with van der Waals surface area (Å²) < 4.78 is 0. The summed E-state index contributed by atoms with van der Waals surface area (Å²) in [6.07, 6.45) is 0. The third-order valence-electron chi connectivity index (χ3n) is 2.02. The fourth-order valence-corrected chi connectivity index (χ4v) is 1.22. The van der Waals surface area contributed by atoms with Crippen molar-refractivity contribution in [1.29, 1.82) is 0 Å². The van der Waals surface area contributed by atoms with Crippen LogP contribution in [0.1, 0.15) is 21.5 Å². The molecule has 0 heterocycles. The van der Waals surface area contributed by atoms with Crippen LogP contribution in [0.15, 0.2) is 12.1 Å². The fraction of sp³-hybridized carbons (Fsp3) is 0.222. The first-order valence-corrected chi connectivity index (χ1v) is 3.80. The molecule has 0 spiro atoms. The van der Waals surface area contributed by atoms with Gasteiger partial charge in [-0.15, -0.1) is 0 Å². The van der Waals surface area contributed by atoms with Crippen molar-refractivity contribution in [1.82, 2.24) is 0 Å². The third kappa shape index (κ3) is 1.62. The number of carboxylic acid groups (broad SMARTS) is 1. The van der Waals surface area contributed by atoms with Crippen molar-refractivity contribution in [3.8, 4) is 0 Å². The summed E-state index contributed by atoms with van der Waals surface area (Å²) >= 11 is 0. The summed E-state index contributed by atoms with van der Waals surface area (Å²) in [5.74, 6) is -1.01. The Bertz CT molecular complexity index is 347. The molecule has 4 N–H and O–H groups in total. The quantitative estimate of drug-likeness (QED) is 0.588. The first-order valence-electron chi connectivity index (χ1n) is 3.80. The van der Waals surface area contributed by atoms with E-state index in [0.29, 0.717) is 16.8 Å². The number of nitrogens with two attached hydrogens (primary N) is 1. The molecule has 0 aromatic heterocycles. The zero-order valence-electron chi connectivity index (χ0n) is 7.24. The van der Waals surface area contributed by atoms with Gasteiger partial charge in [0.25, 0.3) is 0 Å². The molecule has 1 aromatic rings. The molecule has 4 heteroatoms. The van der Waals surface area contributed by atoms with E-state index in [2.05, 4.69) is 0 Å². The van der Waals surface area contributed by atoms with Crippen LogP contribution < -0.4 is 5.73 Å². The van der Waals surface area contributed by atoms with Crippen LogP contribution in [-0.4, -0.2) is 16.2 Å². The number of aromatic carboxylic acids is 1. The molecular formula is C9H11NO3. The molecule has 0 aliphatic carbocycles. The van der Waals surface area contributed by atoms with E-state index in [1.807, 2.05) is 0 Å². The number of carbonyl (C=O) groups is 1. The van der Waals surface area contributed by atoms with Crippen molar-refractivity contribution in [3.63, 3.8) is 0 Å². The molecule has 0 radical (unpaired) electrons. The molecule has 1 rings (SSSR count). The average Bonchev–Trinajstić information content (AvgIpc) is 2.04. The van der Waals surface area contributed by atoms with E-state index in [4.69, 9.17) is 15.9 Å². The highest BCUT2D eigenvalue weighted by atomic mass is 16.4. The number of aliphatic hydroxyl groups excluding tert-OH is 1. The largest absolute Gasteiger partial charge is 0.478 e. The lowest BCUT2D eigenvalue weighted by molar-refractivity contribution is 0.0696. The maximum absolute atomic E-state index is 10.7. The summed E-state index contributed by atoms with van der Waals surface area (Å²) in [6, 6.07) is 2.92. The first-order chi connectivity index (χ1) is 6.07. The first kappa shape index (κ1) is 9.54. The summed E-state index contributed by atoms with van der Waals surface area (Å²) in [5, 5.41) is 17.7. The van der Waals surface area contributed by atoms with Gasteiger partial charge >= 0.3 is 5.97 Å². The molecule has 0 aliphatic rings. The molecule has 13 heavy (non-hydrogen) atoms. The minimum absolute atomic E-state index is 0.179. The van der Waals surface area contributed by atoms with Crippen LogP contribution in [0.5, 0.6) is 0 Å². The van der Waals surface area contributed by atoms with Crippen molar-refractivity contribution < 1.29 is 15.0 Å². The maximum Gasteiger partial charge on any atom is 0.335 e. The van der Waals surface area contributed by atoms with Crippen LogP contribution in [0.4, 0.5) is 5.69 Å². The van der Waals surface area contributed by atoms with Gasteiger partial charge in [-0.2, -0.15) is 0 Å². The lowest BCUT2D eigenvalue weighted by Gasteiger charge is -2.08. The number of aliphatic hydroxyl groups is 1. The van der Waals surface area contributed by atoms with Crippen LogP contribution in [0.3, 0.4) is 0 Å². The normalized spacial score (nSPS) is 10.0. The summed E-state index contributed by atoms with van der Waals surface area (Å²) in [6.45, 7) is 1.39. The Hall–Kier alpha value is -1.55. The van der Waals surface area contributed by atoms with Crippen molar-refractivity contribution in [2.45, 2.75) is 13.5 Å². The Morgan fingerprint density at radius 3 is 2.62 bits per heavy atom. The number of carboxylic acids is 1. The molecule has 0 saturated carbocycles. The number of rotatable bonds is 2. The van der Waals surface area contributed by atoms with Gasteiger partial charge in [-0.3, -0.25) is 0 Å². The van der Waals surface area contributed by atoms with Crippen molar-refractivity contribution in [3.05, 3.63) is 28.8 Å². The van der Waals surface area contributed by atoms with Crippen molar-refractivity contribution in [2.24, 2.45) is 0 Å². The predicted octanol–water partition coefficient (Wildman–Crippen LogP) is 0.768. The molecule has 0 bridgehead atoms. The molecule has 0 unspecified atom stereocenters. The topological polar surface area (TPSA) is 83.5 Å². The summed E-state index contributed by atoms with van der Waals surface area (Å²) in [7, 11) is 0.